The third-order valence-corrected chi connectivity index (χ3v) is 6.56. The van der Waals surface area contributed by atoms with Gasteiger partial charge < -0.3 is 15.0 Å². The average molecular weight is 524 g/mol. The van der Waals surface area contributed by atoms with Crippen molar-refractivity contribution in [3.63, 3.8) is 0 Å². The second kappa shape index (κ2) is 11.8. The zero-order valence-corrected chi connectivity index (χ0v) is 22.6. The fourth-order valence-electron chi connectivity index (χ4n) is 3.56. The summed E-state index contributed by atoms with van der Waals surface area (Å²) in [7, 11) is -2.26. The Morgan fingerprint density at radius 3 is 2.26 bits per heavy atom. The molecule has 2 rings (SSSR count). The molecule has 2 amide bonds. The highest BCUT2D eigenvalue weighted by atomic mass is 35.5. The molecule has 0 aliphatic heterocycles. The molecule has 0 spiro atoms. The number of hydrogen-bond acceptors (Lipinski definition) is 5. The molecule has 0 saturated heterocycles. The van der Waals surface area contributed by atoms with Gasteiger partial charge in [0.05, 0.1) is 19.1 Å². The summed E-state index contributed by atoms with van der Waals surface area (Å²) in [5.74, 6) is -0.209. The molecule has 35 heavy (non-hydrogen) atoms. The third kappa shape index (κ3) is 8.43. The van der Waals surface area contributed by atoms with Gasteiger partial charge in [-0.15, -0.1) is 0 Å². The van der Waals surface area contributed by atoms with Gasteiger partial charge in [0.2, 0.25) is 21.8 Å². The lowest BCUT2D eigenvalue weighted by atomic mass is 10.1. The summed E-state index contributed by atoms with van der Waals surface area (Å²) in [5, 5.41) is 3.37. The van der Waals surface area contributed by atoms with E-state index in [9.17, 15) is 18.0 Å². The SMILES string of the molecule is CCC(C(=O)NC(C)(C)C)N(Cc1cccc(OC)c1)C(=O)CN(c1ccc(Cl)cc1)S(C)(=O)=O. The largest absolute Gasteiger partial charge is 0.497 e. The van der Waals surface area contributed by atoms with Crippen LogP contribution >= 0.6 is 11.6 Å². The summed E-state index contributed by atoms with van der Waals surface area (Å²) < 4.78 is 31.5. The molecule has 0 aliphatic rings. The summed E-state index contributed by atoms with van der Waals surface area (Å²) in [6, 6.07) is 12.6. The number of nitrogens with one attached hydrogen (secondary N) is 1. The van der Waals surface area contributed by atoms with Gasteiger partial charge in [-0.1, -0.05) is 30.7 Å². The highest BCUT2D eigenvalue weighted by Gasteiger charge is 2.33. The summed E-state index contributed by atoms with van der Waals surface area (Å²) in [5.41, 5.74) is 0.549. The molecule has 0 heterocycles. The molecule has 2 aromatic rings. The first-order valence-corrected chi connectivity index (χ1v) is 13.5. The van der Waals surface area contributed by atoms with E-state index in [0.717, 1.165) is 16.1 Å². The lowest BCUT2D eigenvalue weighted by molar-refractivity contribution is -0.141. The van der Waals surface area contributed by atoms with Crippen molar-refractivity contribution in [2.45, 2.75) is 52.2 Å². The van der Waals surface area contributed by atoms with Crippen LogP contribution in [0.2, 0.25) is 5.02 Å². The first-order valence-electron chi connectivity index (χ1n) is 11.2. The lowest BCUT2D eigenvalue weighted by Gasteiger charge is -2.34. The van der Waals surface area contributed by atoms with E-state index in [1.165, 1.54) is 17.0 Å². The standard InChI is InChI=1S/C25H34ClN3O5S/c1-7-22(24(31)27-25(2,3)4)28(16-18-9-8-10-21(15-18)34-5)23(30)17-29(35(6,32)33)20-13-11-19(26)12-14-20/h8-15,22H,7,16-17H2,1-6H3,(H,27,31). The van der Waals surface area contributed by atoms with Gasteiger partial charge in [-0.3, -0.25) is 13.9 Å². The number of amides is 2. The molecular formula is C25H34ClN3O5S. The number of methoxy groups -OCH3 is 1. The molecule has 0 bridgehead atoms. The van der Waals surface area contributed by atoms with E-state index in [0.29, 0.717) is 22.9 Å². The van der Waals surface area contributed by atoms with Crippen molar-refractivity contribution in [1.29, 1.82) is 0 Å². The normalized spacial score (nSPS) is 12.5. The Morgan fingerprint density at radius 1 is 1.11 bits per heavy atom. The molecule has 2 aromatic carbocycles. The second-order valence-corrected chi connectivity index (χ2v) is 11.6. The van der Waals surface area contributed by atoms with Crippen molar-refractivity contribution >= 4 is 39.1 Å². The number of benzene rings is 2. The highest BCUT2D eigenvalue weighted by Crippen LogP contribution is 2.22. The predicted molar refractivity (Wildman–Crippen MR) is 139 cm³/mol. The Labute approximate surface area is 213 Å². The molecule has 10 heteroatoms. The smallest absolute Gasteiger partial charge is 0.244 e. The molecule has 192 valence electrons. The summed E-state index contributed by atoms with van der Waals surface area (Å²) in [6.45, 7) is 7.02. The van der Waals surface area contributed by atoms with Gasteiger partial charge in [-0.05, 0) is 69.2 Å². The van der Waals surface area contributed by atoms with Crippen molar-refractivity contribution in [1.82, 2.24) is 10.2 Å². The van der Waals surface area contributed by atoms with E-state index in [1.807, 2.05) is 33.8 Å². The maximum absolute atomic E-state index is 13.7. The van der Waals surface area contributed by atoms with E-state index in [4.69, 9.17) is 16.3 Å². The van der Waals surface area contributed by atoms with Crippen LogP contribution in [0.1, 0.15) is 39.7 Å². The number of anilines is 1. The minimum Gasteiger partial charge on any atom is -0.497 e. The van der Waals surface area contributed by atoms with Crippen molar-refractivity contribution in [2.24, 2.45) is 0 Å². The first kappa shape index (κ1) is 28.5. The van der Waals surface area contributed by atoms with Gasteiger partial charge in [-0.25, -0.2) is 8.42 Å². The zero-order valence-electron chi connectivity index (χ0n) is 21.0. The molecule has 1 atom stereocenters. The monoisotopic (exact) mass is 523 g/mol. The Morgan fingerprint density at radius 2 is 1.74 bits per heavy atom. The van der Waals surface area contributed by atoms with Crippen LogP contribution in [-0.2, 0) is 26.2 Å². The number of carbonyl (C=O) groups is 2. The Bertz CT molecular complexity index is 1130. The Balaban J connectivity index is 2.46. The van der Waals surface area contributed by atoms with Gasteiger partial charge in [0.25, 0.3) is 0 Å². The summed E-state index contributed by atoms with van der Waals surface area (Å²) in [6.07, 6.45) is 1.38. The molecule has 0 aromatic heterocycles. The maximum atomic E-state index is 13.7. The predicted octanol–water partition coefficient (Wildman–Crippen LogP) is 3.84. The van der Waals surface area contributed by atoms with Crippen LogP contribution in [0.3, 0.4) is 0 Å². The topological polar surface area (TPSA) is 96.0 Å². The fraction of sp³-hybridized carbons (Fsp3) is 0.440. The average Bonchev–Trinajstić information content (AvgIpc) is 2.76. The van der Waals surface area contributed by atoms with Crippen LogP contribution in [0.25, 0.3) is 0 Å². The van der Waals surface area contributed by atoms with Crippen LogP contribution in [0.15, 0.2) is 48.5 Å². The Kier molecular flexibility index (Phi) is 9.57. The number of nitrogens with zero attached hydrogens (tertiary/aromatic N) is 2. The van der Waals surface area contributed by atoms with Crippen LogP contribution in [-0.4, -0.2) is 56.6 Å². The Hall–Kier alpha value is -2.78. The minimum atomic E-state index is -3.80. The molecular weight excluding hydrogens is 490 g/mol. The van der Waals surface area contributed by atoms with Crippen LogP contribution in [0.4, 0.5) is 5.69 Å². The van der Waals surface area contributed by atoms with Gasteiger partial charge in [-0.2, -0.15) is 0 Å². The number of rotatable bonds is 10. The van der Waals surface area contributed by atoms with Crippen molar-refractivity contribution in [2.75, 3.05) is 24.2 Å². The van der Waals surface area contributed by atoms with Crippen LogP contribution in [0.5, 0.6) is 5.75 Å². The van der Waals surface area contributed by atoms with Crippen molar-refractivity contribution < 1.29 is 22.7 Å². The van der Waals surface area contributed by atoms with Crippen molar-refractivity contribution in [3.8, 4) is 5.75 Å². The summed E-state index contributed by atoms with van der Waals surface area (Å²) >= 11 is 5.95. The van der Waals surface area contributed by atoms with E-state index < -0.39 is 34.1 Å². The number of hydrogen-bond donors (Lipinski definition) is 1. The number of carbonyl (C=O) groups excluding carboxylic acids is 2. The molecule has 0 saturated carbocycles. The van der Waals surface area contributed by atoms with Gasteiger partial charge in [0.15, 0.2) is 0 Å². The number of sulfonamides is 1. The first-order chi connectivity index (χ1) is 16.2. The molecule has 8 nitrogen and oxygen atoms in total. The zero-order chi connectivity index (χ0) is 26.4. The number of ether oxygens (including phenoxy) is 1. The molecule has 1 N–H and O–H groups in total. The molecule has 0 aliphatic carbocycles. The van der Waals surface area contributed by atoms with Crippen LogP contribution in [0, 0.1) is 0 Å². The second-order valence-electron chi connectivity index (χ2n) is 9.28. The van der Waals surface area contributed by atoms with Crippen LogP contribution < -0.4 is 14.4 Å². The minimum absolute atomic E-state index is 0.102. The fourth-order valence-corrected chi connectivity index (χ4v) is 4.54. The van der Waals surface area contributed by atoms with E-state index >= 15 is 0 Å². The maximum Gasteiger partial charge on any atom is 0.244 e. The molecule has 0 radical (unpaired) electrons. The highest BCUT2D eigenvalue weighted by molar-refractivity contribution is 7.92. The summed E-state index contributed by atoms with van der Waals surface area (Å²) in [4.78, 5) is 28.2. The van der Waals surface area contributed by atoms with Gasteiger partial charge in [0.1, 0.15) is 18.3 Å². The van der Waals surface area contributed by atoms with E-state index in [-0.39, 0.29) is 12.5 Å². The van der Waals surface area contributed by atoms with Gasteiger partial charge in [0, 0.05) is 17.1 Å². The molecule has 0 fully saturated rings. The van der Waals surface area contributed by atoms with E-state index in [2.05, 4.69) is 5.32 Å². The molecule has 1 unspecified atom stereocenters. The number of halogens is 1. The van der Waals surface area contributed by atoms with E-state index in [1.54, 1.807) is 37.4 Å². The van der Waals surface area contributed by atoms with Crippen molar-refractivity contribution in [3.05, 3.63) is 59.1 Å². The quantitative estimate of drug-likeness (QED) is 0.510. The lowest BCUT2D eigenvalue weighted by Crippen LogP contribution is -2.55. The van der Waals surface area contributed by atoms with Gasteiger partial charge >= 0.3 is 0 Å². The third-order valence-electron chi connectivity index (χ3n) is 5.16.